The van der Waals surface area contributed by atoms with Crippen LogP contribution in [0.2, 0.25) is 0 Å². The third-order valence-corrected chi connectivity index (χ3v) is 16.1. The highest BCUT2D eigenvalue weighted by molar-refractivity contribution is 14.1. The topological polar surface area (TPSA) is 369 Å². The van der Waals surface area contributed by atoms with Crippen LogP contribution in [0.5, 0.6) is 0 Å². The molecule has 0 spiro atoms. The fourth-order valence-corrected chi connectivity index (χ4v) is 16.2. The molecule has 1 aliphatic rings. The Bertz CT molecular complexity index is 1970. The number of aliphatic hydroxyl groups excluding tert-OH is 10. The maximum absolute atomic E-state index is 14.3. The number of hydrogen-bond donors (Lipinski definition) is 14. The number of aliphatic hydroxyl groups is 10. The maximum Gasteiger partial charge on any atom is 0.253 e. The monoisotopic (exact) mass is 1630 g/mol. The average Bonchev–Trinajstić information content (AvgIpc) is 3.26. The van der Waals surface area contributed by atoms with E-state index in [2.05, 4.69) is 21.3 Å². The third-order valence-electron chi connectivity index (χ3n) is 9.40. The number of carbonyl (C=O) groups is 6. The zero-order chi connectivity index (χ0) is 51.1. The minimum absolute atomic E-state index is 0.0215. The molecule has 14 N–H and O–H groups in total. The van der Waals surface area contributed by atoms with Crippen molar-refractivity contribution >= 4 is 177 Å². The Morgan fingerprint density at radius 3 is 1.48 bits per heavy atom. The number of nitrogens with zero attached hydrogens (tertiary/aromatic N) is 2. The van der Waals surface area contributed by atoms with Crippen molar-refractivity contribution in [3.63, 3.8) is 0 Å². The molecule has 0 fully saturated rings. The summed E-state index contributed by atoms with van der Waals surface area (Å²) in [7, 11) is 0. The van der Waals surface area contributed by atoms with Crippen LogP contribution in [0.15, 0.2) is 18.8 Å². The van der Waals surface area contributed by atoms with Crippen molar-refractivity contribution in [1.29, 1.82) is 0 Å². The van der Waals surface area contributed by atoms with Crippen LogP contribution in [0, 0.1) is 16.6 Å². The summed E-state index contributed by atoms with van der Waals surface area (Å²) in [6.45, 7) is -3.72. The van der Waals surface area contributed by atoms with Gasteiger partial charge in [0.1, 0.15) is 15.6 Å². The summed E-state index contributed by atoms with van der Waals surface area (Å²) in [4.78, 5) is 84.9. The highest BCUT2D eigenvalue weighted by atomic mass is 127. The number of benzene rings is 1. The average molecular weight is 1630 g/mol. The first kappa shape index (κ1) is 62.6. The molecule has 1 aromatic carbocycles. The third kappa shape index (κ3) is 17.6. The number of hydrogen-bond acceptors (Lipinski definition) is 17. The zero-order valence-electron chi connectivity index (χ0n) is 35.6. The number of rotatable bonds is 26. The number of amides is 6. The minimum Gasteiger partial charge on any atom is -0.394 e. The van der Waals surface area contributed by atoms with Crippen molar-refractivity contribution < 1.29 is 84.6 Å². The van der Waals surface area contributed by atoms with Gasteiger partial charge in [0.25, 0.3) is 17.7 Å². The Kier molecular flexibility index (Phi) is 27.9. The number of halogens is 6. The van der Waals surface area contributed by atoms with Crippen molar-refractivity contribution in [3.8, 4) is 0 Å². The SMILES string of the molecule is CC(=O)N(CC(O)CN(C(C)=O)C1(I)C=C(I)C(C(=O)NCC(O)CO)=C(I)C1C(=O)NCC(O)COCC(O)CO)c1c(I)c(C(=O)NCC(O)CO)c(I)c(C(=O)NCC(O)CO)c1I. The quantitative estimate of drug-likeness (QED) is 0.0255. The van der Waals surface area contributed by atoms with Gasteiger partial charge >= 0.3 is 0 Å². The van der Waals surface area contributed by atoms with Gasteiger partial charge in [-0.05, 0) is 142 Å². The summed E-state index contributed by atoms with van der Waals surface area (Å²) in [6, 6.07) is 0. The molecule has 0 aliphatic heterocycles. The first-order valence-electron chi connectivity index (χ1n) is 19.8. The Morgan fingerprint density at radius 1 is 0.612 bits per heavy atom. The van der Waals surface area contributed by atoms with Crippen LogP contribution in [-0.4, -0.2) is 210 Å². The highest BCUT2D eigenvalue weighted by Crippen LogP contribution is 2.49. The molecule has 1 aromatic rings. The van der Waals surface area contributed by atoms with Crippen molar-refractivity contribution in [2.24, 2.45) is 5.92 Å². The van der Waals surface area contributed by atoms with Gasteiger partial charge < -0.3 is 86.9 Å². The van der Waals surface area contributed by atoms with Crippen LogP contribution in [0.25, 0.3) is 0 Å². The smallest absolute Gasteiger partial charge is 0.253 e. The molecule has 0 radical (unpaired) electrons. The molecule has 378 valence electrons. The molecule has 0 saturated heterocycles. The molecule has 0 bridgehead atoms. The van der Waals surface area contributed by atoms with Crippen LogP contribution >= 0.6 is 136 Å². The van der Waals surface area contributed by atoms with Gasteiger partial charge in [0.2, 0.25) is 17.7 Å². The highest BCUT2D eigenvalue weighted by Gasteiger charge is 2.52. The van der Waals surface area contributed by atoms with Gasteiger partial charge in [-0.3, -0.25) is 28.8 Å². The molecule has 6 amide bonds. The van der Waals surface area contributed by atoms with Gasteiger partial charge in [-0.15, -0.1) is 0 Å². The second-order valence-electron chi connectivity index (χ2n) is 14.7. The van der Waals surface area contributed by atoms with E-state index in [0.717, 1.165) is 23.6 Å². The fourth-order valence-electron chi connectivity index (χ4n) is 6.03. The summed E-state index contributed by atoms with van der Waals surface area (Å²) in [6.07, 6.45) is -6.73. The van der Waals surface area contributed by atoms with Crippen molar-refractivity contribution in [2.45, 2.75) is 54.0 Å². The van der Waals surface area contributed by atoms with Crippen molar-refractivity contribution in [2.75, 3.05) is 83.8 Å². The first-order chi connectivity index (χ1) is 31.3. The van der Waals surface area contributed by atoms with Gasteiger partial charge in [0.05, 0.1) is 106 Å². The van der Waals surface area contributed by atoms with Crippen LogP contribution in [-0.2, 0) is 23.9 Å². The number of carbonyl (C=O) groups excluding carboxylic acids is 6. The first-order valence-corrected chi connectivity index (χ1v) is 26.3. The van der Waals surface area contributed by atoms with E-state index >= 15 is 0 Å². The predicted octanol–water partition coefficient (Wildman–Crippen LogP) is -2.69. The lowest BCUT2D eigenvalue weighted by atomic mass is 9.88. The minimum atomic E-state index is -1.73. The van der Waals surface area contributed by atoms with Crippen LogP contribution in [0.4, 0.5) is 5.69 Å². The second-order valence-corrected chi connectivity index (χ2v) is 22.0. The molecular weight excluding hydrogens is 1570 g/mol. The van der Waals surface area contributed by atoms with E-state index < -0.39 is 141 Å². The molecule has 2 rings (SSSR count). The van der Waals surface area contributed by atoms with E-state index in [0.29, 0.717) is 0 Å². The van der Waals surface area contributed by atoms with E-state index in [1.54, 1.807) is 90.4 Å². The van der Waals surface area contributed by atoms with Crippen molar-refractivity contribution in [3.05, 3.63) is 40.6 Å². The standard InChI is InChI=1S/C38H52I6N6O17/c1-16(55)49(33-31(42)26(35(64)46-5-19(58)11-52)29(40)27(32(33)43)36(65)47-6-20(59)12-53)8-22(61)9-50(17(2)56)38(44)3-24(39)25(34(63)45-4-18(57)10-51)30(41)28(38)37(66)48-7-21(60)14-67-15-23(62)13-54/h3,18-23,28,51-54,57-62H,4-15H2,1-2H3,(H,45,63)(H,46,64)(H,47,65)(H,48,66). The lowest BCUT2D eigenvalue weighted by Crippen LogP contribution is -2.59. The Balaban J connectivity index is 2.74. The molecule has 1 aliphatic carbocycles. The molecular formula is C38H52I6N6O17. The lowest BCUT2D eigenvalue weighted by Gasteiger charge is -2.45. The van der Waals surface area contributed by atoms with Gasteiger partial charge in [0, 0.05) is 57.3 Å². The van der Waals surface area contributed by atoms with Crippen LogP contribution < -0.4 is 26.2 Å². The summed E-state index contributed by atoms with van der Waals surface area (Å²) in [5.74, 6) is -6.00. The van der Waals surface area contributed by atoms with E-state index in [1.165, 1.54) is 6.08 Å². The van der Waals surface area contributed by atoms with Gasteiger partial charge in [-0.25, -0.2) is 0 Å². The van der Waals surface area contributed by atoms with E-state index in [1.807, 2.05) is 45.2 Å². The van der Waals surface area contributed by atoms with Gasteiger partial charge in [-0.1, -0.05) is 0 Å². The summed E-state index contributed by atoms with van der Waals surface area (Å²) < 4.78 is 4.10. The molecule has 67 heavy (non-hydrogen) atoms. The number of ether oxygens (including phenoxy) is 1. The van der Waals surface area contributed by atoms with Gasteiger partial charge in [0.15, 0.2) is 0 Å². The molecule has 8 atom stereocenters. The van der Waals surface area contributed by atoms with E-state index in [9.17, 15) is 74.7 Å². The molecule has 0 heterocycles. The predicted molar refractivity (Wildman–Crippen MR) is 289 cm³/mol. The fraction of sp³-hybridized carbons (Fsp3) is 0.579. The van der Waals surface area contributed by atoms with Crippen LogP contribution in [0.1, 0.15) is 34.6 Å². The lowest BCUT2D eigenvalue weighted by molar-refractivity contribution is -0.135. The molecule has 0 saturated carbocycles. The summed E-state index contributed by atoms with van der Waals surface area (Å²) in [5, 5.41) is 109. The van der Waals surface area contributed by atoms with E-state index in [4.69, 9.17) is 9.84 Å². The summed E-state index contributed by atoms with van der Waals surface area (Å²) in [5.41, 5.74) is -0.306. The Morgan fingerprint density at radius 2 is 1.04 bits per heavy atom. The zero-order valence-corrected chi connectivity index (χ0v) is 48.5. The molecule has 23 nitrogen and oxygen atoms in total. The van der Waals surface area contributed by atoms with Gasteiger partial charge in [-0.2, -0.15) is 0 Å². The van der Waals surface area contributed by atoms with E-state index in [-0.39, 0.29) is 60.0 Å². The number of nitrogens with one attached hydrogen (secondary N) is 4. The summed E-state index contributed by atoms with van der Waals surface area (Å²) >= 11 is 10.7. The maximum atomic E-state index is 14.3. The molecule has 8 unspecified atom stereocenters. The largest absolute Gasteiger partial charge is 0.394 e. The second kappa shape index (κ2) is 29.8. The number of alkyl halides is 1. The Hall–Kier alpha value is -0.540. The van der Waals surface area contributed by atoms with Crippen LogP contribution in [0.3, 0.4) is 0 Å². The molecule has 29 heteroatoms. The number of anilines is 1. The normalized spacial score (nSPS) is 18.7. The Labute approximate surface area is 466 Å². The van der Waals surface area contributed by atoms with Crippen molar-refractivity contribution in [1.82, 2.24) is 26.2 Å². The molecule has 0 aromatic heterocycles.